The highest BCUT2D eigenvalue weighted by Gasteiger charge is 2.30. The van der Waals surface area contributed by atoms with Crippen LogP contribution in [0.2, 0.25) is 0 Å². The van der Waals surface area contributed by atoms with Crippen molar-refractivity contribution in [2.75, 3.05) is 44.2 Å². The van der Waals surface area contributed by atoms with Gasteiger partial charge in [0.2, 0.25) is 5.91 Å². The minimum Gasteiger partial charge on any atom is -0.340 e. The second-order valence-corrected chi connectivity index (χ2v) is 6.95. The second kappa shape index (κ2) is 8.25. The fraction of sp³-hybridized carbons (Fsp3) is 0.933. The van der Waals surface area contributed by atoms with Gasteiger partial charge in [-0.25, -0.2) is 0 Å². The van der Waals surface area contributed by atoms with Crippen LogP contribution in [0.5, 0.6) is 0 Å². The molecule has 116 valence electrons. The predicted molar refractivity (Wildman–Crippen MR) is 86.3 cm³/mol. The summed E-state index contributed by atoms with van der Waals surface area (Å²) in [6.07, 6.45) is 3.67. The molecule has 2 bridgehead atoms. The molecule has 0 spiro atoms. The highest BCUT2D eigenvalue weighted by atomic mass is 32.2. The number of thioether (sulfide) groups is 1. The summed E-state index contributed by atoms with van der Waals surface area (Å²) >= 11 is 1.79. The highest BCUT2D eigenvalue weighted by molar-refractivity contribution is 7.99. The normalized spacial score (nSPS) is 26.1. The molecule has 2 fully saturated rings. The van der Waals surface area contributed by atoms with E-state index in [4.69, 9.17) is 0 Å². The fourth-order valence-corrected chi connectivity index (χ4v) is 4.04. The van der Waals surface area contributed by atoms with Crippen LogP contribution in [-0.2, 0) is 4.79 Å². The zero-order valence-corrected chi connectivity index (χ0v) is 13.8. The van der Waals surface area contributed by atoms with E-state index >= 15 is 0 Å². The summed E-state index contributed by atoms with van der Waals surface area (Å²) in [4.78, 5) is 16.8. The molecule has 0 aromatic heterocycles. The Morgan fingerprint density at radius 2 is 2.00 bits per heavy atom. The number of likely N-dealkylation sites (tertiary alicyclic amines) is 1. The Labute approximate surface area is 127 Å². The van der Waals surface area contributed by atoms with E-state index in [1.165, 1.54) is 12.8 Å². The van der Waals surface area contributed by atoms with Crippen molar-refractivity contribution >= 4 is 17.7 Å². The number of nitrogens with zero attached hydrogens (tertiary/aromatic N) is 2. The third-order valence-corrected chi connectivity index (χ3v) is 5.47. The van der Waals surface area contributed by atoms with Crippen molar-refractivity contribution in [1.82, 2.24) is 15.1 Å². The van der Waals surface area contributed by atoms with Gasteiger partial charge in [-0.1, -0.05) is 13.8 Å². The average Bonchev–Trinajstić information content (AvgIpc) is 2.78. The molecule has 2 atom stereocenters. The third kappa shape index (κ3) is 4.64. The molecule has 4 nitrogen and oxygen atoms in total. The number of hydrogen-bond acceptors (Lipinski definition) is 4. The van der Waals surface area contributed by atoms with E-state index in [2.05, 4.69) is 29.0 Å². The number of hydrogen-bond donors (Lipinski definition) is 1. The standard InChI is InChI=1S/C15H29N3OS/c1-3-17(4-2)9-10-20-12-15(19)18-8-7-13-5-6-14(11-18)16-13/h13-14,16H,3-12H2,1-2H3. The molecule has 2 unspecified atom stereocenters. The van der Waals surface area contributed by atoms with Crippen molar-refractivity contribution in [3.63, 3.8) is 0 Å². The predicted octanol–water partition coefficient (Wildman–Crippen LogP) is 1.41. The van der Waals surface area contributed by atoms with Crippen molar-refractivity contribution in [2.24, 2.45) is 0 Å². The molecule has 2 aliphatic rings. The Bertz CT molecular complexity index is 309. The summed E-state index contributed by atoms with van der Waals surface area (Å²) in [5.74, 6) is 2.05. The van der Waals surface area contributed by atoms with Gasteiger partial charge in [-0.3, -0.25) is 4.79 Å². The van der Waals surface area contributed by atoms with Gasteiger partial charge in [-0.15, -0.1) is 0 Å². The molecule has 5 heteroatoms. The van der Waals surface area contributed by atoms with E-state index in [0.717, 1.165) is 44.9 Å². The lowest BCUT2D eigenvalue weighted by Gasteiger charge is -2.24. The number of rotatable bonds is 7. The molecular weight excluding hydrogens is 270 g/mol. The molecule has 0 aromatic carbocycles. The molecule has 0 radical (unpaired) electrons. The second-order valence-electron chi connectivity index (χ2n) is 5.85. The van der Waals surface area contributed by atoms with Crippen LogP contribution in [0, 0.1) is 0 Å². The van der Waals surface area contributed by atoms with Crippen LogP contribution in [-0.4, -0.2) is 72.0 Å². The Kier molecular flexibility index (Phi) is 6.65. The number of nitrogens with one attached hydrogen (secondary N) is 1. The largest absolute Gasteiger partial charge is 0.340 e. The molecular formula is C15H29N3OS. The molecule has 2 heterocycles. The summed E-state index contributed by atoms with van der Waals surface area (Å²) in [6, 6.07) is 1.21. The summed E-state index contributed by atoms with van der Waals surface area (Å²) in [7, 11) is 0. The minimum absolute atomic E-state index is 0.337. The van der Waals surface area contributed by atoms with Gasteiger partial charge in [-0.05, 0) is 32.4 Å². The Morgan fingerprint density at radius 3 is 2.75 bits per heavy atom. The molecule has 2 rings (SSSR count). The van der Waals surface area contributed by atoms with Gasteiger partial charge in [0.05, 0.1) is 5.75 Å². The molecule has 0 saturated carbocycles. The maximum Gasteiger partial charge on any atom is 0.232 e. The van der Waals surface area contributed by atoms with Crippen LogP contribution in [0.1, 0.15) is 33.1 Å². The molecule has 0 aliphatic carbocycles. The summed E-state index contributed by atoms with van der Waals surface area (Å²) < 4.78 is 0. The summed E-state index contributed by atoms with van der Waals surface area (Å²) in [5, 5.41) is 3.63. The molecule has 2 aliphatic heterocycles. The first kappa shape index (κ1) is 16.1. The van der Waals surface area contributed by atoms with Crippen LogP contribution in [0.4, 0.5) is 0 Å². The lowest BCUT2D eigenvalue weighted by molar-refractivity contribution is -0.128. The van der Waals surface area contributed by atoms with Crippen molar-refractivity contribution < 1.29 is 4.79 Å². The van der Waals surface area contributed by atoms with Crippen molar-refractivity contribution in [3.8, 4) is 0 Å². The van der Waals surface area contributed by atoms with Gasteiger partial charge in [-0.2, -0.15) is 11.8 Å². The molecule has 2 saturated heterocycles. The van der Waals surface area contributed by atoms with Gasteiger partial charge in [0.1, 0.15) is 0 Å². The topological polar surface area (TPSA) is 35.6 Å². The maximum atomic E-state index is 12.3. The van der Waals surface area contributed by atoms with Crippen LogP contribution >= 0.6 is 11.8 Å². The minimum atomic E-state index is 0.337. The Hall–Kier alpha value is -0.260. The summed E-state index contributed by atoms with van der Waals surface area (Å²) in [5.41, 5.74) is 0. The monoisotopic (exact) mass is 299 g/mol. The van der Waals surface area contributed by atoms with Gasteiger partial charge < -0.3 is 15.1 Å². The van der Waals surface area contributed by atoms with Crippen molar-refractivity contribution in [1.29, 1.82) is 0 Å². The van der Waals surface area contributed by atoms with E-state index in [9.17, 15) is 4.79 Å². The Balaban J connectivity index is 1.64. The Morgan fingerprint density at radius 1 is 1.25 bits per heavy atom. The maximum absolute atomic E-state index is 12.3. The fourth-order valence-electron chi connectivity index (χ4n) is 3.15. The van der Waals surface area contributed by atoms with Gasteiger partial charge in [0, 0.05) is 37.5 Å². The SMILES string of the molecule is CCN(CC)CCSCC(=O)N1CCC2CCC(C1)N2. The van der Waals surface area contributed by atoms with Gasteiger partial charge in [0.15, 0.2) is 0 Å². The first-order chi connectivity index (χ1) is 9.72. The number of amides is 1. The lowest BCUT2D eigenvalue weighted by Crippen LogP contribution is -2.40. The molecule has 1 N–H and O–H groups in total. The number of fused-ring (bicyclic) bond motifs is 2. The highest BCUT2D eigenvalue weighted by Crippen LogP contribution is 2.20. The third-order valence-electron chi connectivity index (χ3n) is 4.55. The number of carbonyl (C=O) groups is 1. The smallest absolute Gasteiger partial charge is 0.232 e. The van der Waals surface area contributed by atoms with Gasteiger partial charge in [0.25, 0.3) is 0 Å². The van der Waals surface area contributed by atoms with Crippen molar-refractivity contribution in [2.45, 2.75) is 45.2 Å². The zero-order valence-electron chi connectivity index (χ0n) is 12.9. The van der Waals surface area contributed by atoms with E-state index in [-0.39, 0.29) is 0 Å². The first-order valence-electron chi connectivity index (χ1n) is 8.06. The van der Waals surface area contributed by atoms with Crippen LogP contribution in [0.3, 0.4) is 0 Å². The van der Waals surface area contributed by atoms with Crippen LogP contribution < -0.4 is 5.32 Å². The molecule has 0 aromatic rings. The lowest BCUT2D eigenvalue weighted by atomic mass is 10.1. The van der Waals surface area contributed by atoms with E-state index in [0.29, 0.717) is 23.7 Å². The van der Waals surface area contributed by atoms with E-state index < -0.39 is 0 Å². The van der Waals surface area contributed by atoms with Crippen LogP contribution in [0.25, 0.3) is 0 Å². The molecule has 1 amide bonds. The number of carbonyl (C=O) groups excluding carboxylic acids is 1. The summed E-state index contributed by atoms with van der Waals surface area (Å²) in [6.45, 7) is 9.56. The first-order valence-corrected chi connectivity index (χ1v) is 9.22. The van der Waals surface area contributed by atoms with E-state index in [1.54, 1.807) is 11.8 Å². The quantitative estimate of drug-likeness (QED) is 0.721. The average molecular weight is 299 g/mol. The van der Waals surface area contributed by atoms with Crippen molar-refractivity contribution in [3.05, 3.63) is 0 Å². The zero-order chi connectivity index (χ0) is 14.4. The van der Waals surface area contributed by atoms with E-state index in [1.807, 2.05) is 0 Å². The molecule has 20 heavy (non-hydrogen) atoms. The van der Waals surface area contributed by atoms with Crippen LogP contribution in [0.15, 0.2) is 0 Å². The van der Waals surface area contributed by atoms with Gasteiger partial charge >= 0.3 is 0 Å².